The van der Waals surface area contributed by atoms with Crippen molar-refractivity contribution in [1.82, 2.24) is 9.62 Å². The van der Waals surface area contributed by atoms with Gasteiger partial charge in [-0.15, -0.1) is 0 Å². The predicted molar refractivity (Wildman–Crippen MR) is 105 cm³/mol. The average molecular weight is 404 g/mol. The molecular weight excluding hydrogens is 380 g/mol. The molecule has 0 bridgehead atoms. The van der Waals surface area contributed by atoms with E-state index in [-0.39, 0.29) is 10.8 Å². The standard InChI is InChI=1S/C20H24N2O5S/c1-13-9-16(11-19(14(13)2)28(24,25)21-3)20(23)22(4)12-15-5-6-17-18(10-15)27-8-7-26-17/h5-6,9-11,21H,7-8,12H2,1-4H3. The van der Waals surface area contributed by atoms with Crippen LogP contribution in [0.5, 0.6) is 11.5 Å². The summed E-state index contributed by atoms with van der Waals surface area (Å²) < 4.78 is 38.0. The van der Waals surface area contributed by atoms with E-state index in [1.54, 1.807) is 31.9 Å². The number of ether oxygens (including phenoxy) is 2. The van der Waals surface area contributed by atoms with E-state index in [2.05, 4.69) is 4.72 Å². The molecule has 0 aliphatic carbocycles. The molecule has 7 nitrogen and oxygen atoms in total. The van der Waals surface area contributed by atoms with Gasteiger partial charge in [-0.2, -0.15) is 0 Å². The van der Waals surface area contributed by atoms with E-state index >= 15 is 0 Å². The molecular formula is C20H24N2O5S. The van der Waals surface area contributed by atoms with Gasteiger partial charge < -0.3 is 14.4 Å². The van der Waals surface area contributed by atoms with Crippen molar-refractivity contribution >= 4 is 15.9 Å². The lowest BCUT2D eigenvalue weighted by Gasteiger charge is -2.22. The molecule has 1 N–H and O–H groups in total. The third-order valence-corrected chi connectivity index (χ3v) is 6.34. The molecule has 8 heteroatoms. The molecule has 0 fully saturated rings. The van der Waals surface area contributed by atoms with E-state index in [0.29, 0.717) is 42.4 Å². The van der Waals surface area contributed by atoms with Crippen LogP contribution in [-0.4, -0.2) is 46.5 Å². The summed E-state index contributed by atoms with van der Waals surface area (Å²) in [6.45, 7) is 4.90. The van der Waals surface area contributed by atoms with Gasteiger partial charge in [0.05, 0.1) is 4.90 Å². The Bertz CT molecular complexity index is 1020. The molecule has 1 amide bonds. The molecule has 28 heavy (non-hydrogen) atoms. The van der Waals surface area contributed by atoms with Gasteiger partial charge in [0, 0.05) is 19.2 Å². The topological polar surface area (TPSA) is 84.9 Å². The fraction of sp³-hybridized carbons (Fsp3) is 0.350. The highest BCUT2D eigenvalue weighted by Crippen LogP contribution is 2.31. The summed E-state index contributed by atoms with van der Waals surface area (Å²) in [7, 11) is -0.619. The molecule has 0 saturated heterocycles. The lowest BCUT2D eigenvalue weighted by molar-refractivity contribution is 0.0784. The van der Waals surface area contributed by atoms with Gasteiger partial charge in [-0.1, -0.05) is 6.07 Å². The Kier molecular flexibility index (Phi) is 5.62. The molecule has 0 unspecified atom stereocenters. The smallest absolute Gasteiger partial charge is 0.253 e. The normalized spacial score (nSPS) is 13.3. The zero-order valence-electron chi connectivity index (χ0n) is 16.4. The summed E-state index contributed by atoms with van der Waals surface area (Å²) >= 11 is 0. The Morgan fingerprint density at radius 3 is 2.46 bits per heavy atom. The molecule has 1 aliphatic rings. The zero-order valence-corrected chi connectivity index (χ0v) is 17.2. The number of nitrogens with one attached hydrogen (secondary N) is 1. The van der Waals surface area contributed by atoms with Gasteiger partial charge in [0.2, 0.25) is 10.0 Å². The Balaban J connectivity index is 1.85. The Hall–Kier alpha value is -2.58. The number of hydrogen-bond donors (Lipinski definition) is 1. The van der Waals surface area contributed by atoms with Crippen LogP contribution in [0.1, 0.15) is 27.0 Å². The molecule has 0 saturated carbocycles. The highest BCUT2D eigenvalue weighted by atomic mass is 32.2. The van der Waals surface area contributed by atoms with E-state index in [1.165, 1.54) is 13.1 Å². The minimum absolute atomic E-state index is 0.117. The summed E-state index contributed by atoms with van der Waals surface area (Å²) in [5, 5.41) is 0. The van der Waals surface area contributed by atoms with Gasteiger partial charge in [-0.05, 0) is 61.9 Å². The van der Waals surface area contributed by atoms with Crippen molar-refractivity contribution in [2.75, 3.05) is 27.3 Å². The van der Waals surface area contributed by atoms with Crippen LogP contribution in [0.25, 0.3) is 0 Å². The molecule has 0 spiro atoms. The van der Waals surface area contributed by atoms with Crippen LogP contribution in [0.15, 0.2) is 35.2 Å². The van der Waals surface area contributed by atoms with Crippen molar-refractivity contribution in [3.8, 4) is 11.5 Å². The SMILES string of the molecule is CNS(=O)(=O)c1cc(C(=O)N(C)Cc2ccc3c(c2)OCCO3)cc(C)c1C. The van der Waals surface area contributed by atoms with E-state index in [4.69, 9.17) is 9.47 Å². The molecule has 2 aromatic rings. The Labute approximate surface area is 165 Å². The van der Waals surface area contributed by atoms with Gasteiger partial charge >= 0.3 is 0 Å². The van der Waals surface area contributed by atoms with Gasteiger partial charge in [-0.25, -0.2) is 13.1 Å². The van der Waals surface area contributed by atoms with Gasteiger partial charge in [0.25, 0.3) is 5.91 Å². The summed E-state index contributed by atoms with van der Waals surface area (Å²) in [5.41, 5.74) is 2.59. The van der Waals surface area contributed by atoms with Crippen LogP contribution in [0, 0.1) is 13.8 Å². The molecule has 1 heterocycles. The van der Waals surface area contributed by atoms with Gasteiger partial charge in [0.1, 0.15) is 13.2 Å². The van der Waals surface area contributed by atoms with Crippen LogP contribution < -0.4 is 14.2 Å². The van der Waals surface area contributed by atoms with Crippen LogP contribution >= 0.6 is 0 Å². The summed E-state index contributed by atoms with van der Waals surface area (Å²) in [6, 6.07) is 8.71. The fourth-order valence-electron chi connectivity index (χ4n) is 3.09. The maximum Gasteiger partial charge on any atom is 0.253 e. The molecule has 0 radical (unpaired) electrons. The highest BCUT2D eigenvalue weighted by molar-refractivity contribution is 7.89. The molecule has 150 valence electrons. The number of aryl methyl sites for hydroxylation is 1. The third kappa shape index (κ3) is 3.98. The first kappa shape index (κ1) is 20.2. The Morgan fingerprint density at radius 1 is 1.11 bits per heavy atom. The summed E-state index contributed by atoms with van der Waals surface area (Å²) in [6.07, 6.45) is 0. The molecule has 3 rings (SSSR count). The van der Waals surface area contributed by atoms with Gasteiger partial charge in [0.15, 0.2) is 11.5 Å². The first-order valence-electron chi connectivity index (χ1n) is 8.91. The first-order chi connectivity index (χ1) is 13.2. The number of fused-ring (bicyclic) bond motifs is 1. The van der Waals surface area contributed by atoms with Crippen LogP contribution in [-0.2, 0) is 16.6 Å². The first-order valence-corrected chi connectivity index (χ1v) is 10.4. The monoisotopic (exact) mass is 404 g/mol. The number of hydrogen-bond acceptors (Lipinski definition) is 5. The Morgan fingerprint density at radius 2 is 1.79 bits per heavy atom. The number of carbonyl (C=O) groups is 1. The largest absolute Gasteiger partial charge is 0.486 e. The quantitative estimate of drug-likeness (QED) is 0.826. The molecule has 1 aliphatic heterocycles. The van der Waals surface area contributed by atoms with Crippen LogP contribution in [0.3, 0.4) is 0 Å². The van der Waals surface area contributed by atoms with Crippen molar-refractivity contribution in [1.29, 1.82) is 0 Å². The number of carbonyl (C=O) groups excluding carboxylic acids is 1. The maximum atomic E-state index is 12.9. The van der Waals surface area contributed by atoms with E-state index < -0.39 is 10.0 Å². The lowest BCUT2D eigenvalue weighted by atomic mass is 10.1. The van der Waals surface area contributed by atoms with Crippen molar-refractivity contribution in [2.24, 2.45) is 0 Å². The van der Waals surface area contributed by atoms with E-state index in [0.717, 1.165) is 11.1 Å². The number of rotatable bonds is 5. The minimum Gasteiger partial charge on any atom is -0.486 e. The maximum absolute atomic E-state index is 12.9. The highest BCUT2D eigenvalue weighted by Gasteiger charge is 2.21. The number of benzene rings is 2. The average Bonchev–Trinajstić information content (AvgIpc) is 2.69. The van der Waals surface area contributed by atoms with Crippen molar-refractivity contribution in [2.45, 2.75) is 25.3 Å². The summed E-state index contributed by atoms with van der Waals surface area (Å²) in [5.74, 6) is 1.10. The minimum atomic E-state index is -3.65. The van der Waals surface area contributed by atoms with E-state index in [9.17, 15) is 13.2 Å². The molecule has 0 atom stereocenters. The number of amides is 1. The van der Waals surface area contributed by atoms with Crippen molar-refractivity contribution in [3.05, 3.63) is 52.6 Å². The fourth-order valence-corrected chi connectivity index (χ4v) is 4.16. The number of sulfonamides is 1. The number of nitrogens with zero attached hydrogens (tertiary/aromatic N) is 1. The molecule has 2 aromatic carbocycles. The summed E-state index contributed by atoms with van der Waals surface area (Å²) in [4.78, 5) is 14.6. The third-order valence-electron chi connectivity index (χ3n) is 4.80. The van der Waals surface area contributed by atoms with Gasteiger partial charge in [-0.3, -0.25) is 4.79 Å². The predicted octanol–water partition coefficient (Wildman–Crippen LogP) is 2.25. The second-order valence-corrected chi connectivity index (χ2v) is 8.62. The molecule has 0 aromatic heterocycles. The zero-order chi connectivity index (χ0) is 20.5. The van der Waals surface area contributed by atoms with Crippen molar-refractivity contribution in [3.63, 3.8) is 0 Å². The second-order valence-electron chi connectivity index (χ2n) is 6.76. The van der Waals surface area contributed by atoms with E-state index in [1.807, 2.05) is 18.2 Å². The second kappa shape index (κ2) is 7.81. The van der Waals surface area contributed by atoms with Crippen LogP contribution in [0.2, 0.25) is 0 Å². The van der Waals surface area contributed by atoms with Crippen LogP contribution in [0.4, 0.5) is 0 Å². The lowest BCUT2D eigenvalue weighted by Crippen LogP contribution is -2.27. The van der Waals surface area contributed by atoms with Crippen molar-refractivity contribution < 1.29 is 22.7 Å².